The fraction of sp³-hybridized carbons (Fsp3) is 0.381. The Bertz CT molecular complexity index is 1080. The number of fused-ring (bicyclic) bond motifs is 2. The lowest BCUT2D eigenvalue weighted by molar-refractivity contribution is -0.0593. The lowest BCUT2D eigenvalue weighted by Crippen LogP contribution is -2.40. The number of hydrogen-bond donors (Lipinski definition) is 0. The summed E-state index contributed by atoms with van der Waals surface area (Å²) in [6.07, 6.45) is -0.0652. The minimum atomic E-state index is -0.906. The molecule has 3 heterocycles. The normalized spacial score (nSPS) is 15.6. The summed E-state index contributed by atoms with van der Waals surface area (Å²) in [5.74, 6) is -2.32. The van der Waals surface area contributed by atoms with E-state index in [9.17, 15) is 19.2 Å². The van der Waals surface area contributed by atoms with E-state index in [4.69, 9.17) is 9.57 Å². The van der Waals surface area contributed by atoms with Crippen LogP contribution < -0.4 is 0 Å². The fourth-order valence-electron chi connectivity index (χ4n) is 3.62. The van der Waals surface area contributed by atoms with Crippen molar-refractivity contribution in [2.24, 2.45) is 7.05 Å². The first-order valence-corrected chi connectivity index (χ1v) is 9.79. The number of amides is 3. The van der Waals surface area contributed by atoms with Crippen LogP contribution in [0.5, 0.6) is 0 Å². The number of hydroxylamine groups is 2. The molecule has 0 bridgehead atoms. The van der Waals surface area contributed by atoms with Gasteiger partial charge in [0, 0.05) is 25.6 Å². The molecule has 0 radical (unpaired) electrons. The molecule has 31 heavy (non-hydrogen) atoms. The summed E-state index contributed by atoms with van der Waals surface area (Å²) < 4.78 is 6.75. The molecule has 2 aliphatic rings. The summed E-state index contributed by atoms with van der Waals surface area (Å²) >= 11 is 0. The molecule has 0 saturated carbocycles. The third kappa shape index (κ3) is 3.65. The van der Waals surface area contributed by atoms with Gasteiger partial charge in [0.2, 0.25) is 0 Å². The molecular formula is C21H22N4O6. The molecule has 0 N–H and O–H groups in total. The van der Waals surface area contributed by atoms with Gasteiger partial charge >= 0.3 is 12.1 Å². The zero-order valence-corrected chi connectivity index (χ0v) is 17.7. The van der Waals surface area contributed by atoms with Crippen LogP contribution in [0.25, 0.3) is 0 Å². The molecule has 10 heteroatoms. The number of rotatable bonds is 2. The number of benzene rings is 1. The SMILES string of the molecule is Cn1nc2c(c1C(=O)ON1C(=O)c3ccccc3C1=O)CN(C(=O)OC(C)(C)C)CC2. The summed E-state index contributed by atoms with van der Waals surface area (Å²) in [4.78, 5) is 57.1. The minimum absolute atomic E-state index is 0.0693. The summed E-state index contributed by atoms with van der Waals surface area (Å²) in [7, 11) is 1.56. The van der Waals surface area contributed by atoms with Gasteiger partial charge in [-0.25, -0.2) is 9.59 Å². The topological polar surface area (TPSA) is 111 Å². The predicted molar refractivity (Wildman–Crippen MR) is 106 cm³/mol. The Hall–Kier alpha value is -3.69. The first-order valence-electron chi connectivity index (χ1n) is 9.79. The van der Waals surface area contributed by atoms with Gasteiger partial charge in [-0.05, 0) is 32.9 Å². The molecule has 2 aromatic rings. The molecule has 0 fully saturated rings. The van der Waals surface area contributed by atoms with Crippen LogP contribution in [0.4, 0.5) is 4.79 Å². The highest BCUT2D eigenvalue weighted by atomic mass is 16.7. The van der Waals surface area contributed by atoms with Crippen LogP contribution in [0.2, 0.25) is 0 Å². The molecule has 0 saturated heterocycles. The van der Waals surface area contributed by atoms with Gasteiger partial charge in [-0.2, -0.15) is 5.10 Å². The van der Waals surface area contributed by atoms with E-state index in [-0.39, 0.29) is 23.4 Å². The van der Waals surface area contributed by atoms with Crippen molar-refractivity contribution >= 4 is 23.9 Å². The number of ether oxygens (including phenoxy) is 1. The van der Waals surface area contributed by atoms with Crippen molar-refractivity contribution < 1.29 is 28.8 Å². The average Bonchev–Trinajstić information content (AvgIpc) is 3.15. The second-order valence-corrected chi connectivity index (χ2v) is 8.38. The molecule has 2 aliphatic heterocycles. The summed E-state index contributed by atoms with van der Waals surface area (Å²) in [6, 6.07) is 6.23. The van der Waals surface area contributed by atoms with Crippen molar-refractivity contribution in [3.05, 3.63) is 52.3 Å². The van der Waals surface area contributed by atoms with Gasteiger partial charge in [0.25, 0.3) is 11.8 Å². The molecule has 162 valence electrons. The molecule has 0 spiro atoms. The Labute approximate surface area is 178 Å². The zero-order valence-electron chi connectivity index (χ0n) is 17.7. The van der Waals surface area contributed by atoms with Crippen LogP contribution in [0.3, 0.4) is 0 Å². The maximum atomic E-state index is 12.9. The van der Waals surface area contributed by atoms with Gasteiger partial charge in [-0.3, -0.25) is 14.3 Å². The number of imide groups is 1. The second kappa shape index (κ2) is 7.22. The number of carbonyl (C=O) groups excluding carboxylic acids is 4. The zero-order chi connectivity index (χ0) is 22.5. The van der Waals surface area contributed by atoms with Crippen molar-refractivity contribution in [2.45, 2.75) is 39.3 Å². The standard InChI is InChI=1S/C21H22N4O6/c1-21(2,3)30-20(29)24-10-9-15-14(11-24)16(23(4)22-15)19(28)31-25-17(26)12-7-5-6-8-13(12)18(25)27/h5-8H,9-11H2,1-4H3. The maximum Gasteiger partial charge on any atom is 0.410 e. The number of aromatic nitrogens is 2. The van der Waals surface area contributed by atoms with Crippen molar-refractivity contribution in [1.82, 2.24) is 19.7 Å². The molecule has 1 aromatic heterocycles. The summed E-state index contributed by atoms with van der Waals surface area (Å²) in [5, 5.41) is 4.80. The van der Waals surface area contributed by atoms with E-state index in [1.54, 1.807) is 40.0 Å². The van der Waals surface area contributed by atoms with E-state index in [0.29, 0.717) is 29.3 Å². The van der Waals surface area contributed by atoms with Crippen molar-refractivity contribution in [1.29, 1.82) is 0 Å². The van der Waals surface area contributed by atoms with Crippen molar-refractivity contribution in [3.8, 4) is 0 Å². The highest BCUT2D eigenvalue weighted by Gasteiger charge is 2.40. The van der Waals surface area contributed by atoms with Gasteiger partial charge in [-0.15, -0.1) is 0 Å². The van der Waals surface area contributed by atoms with Gasteiger partial charge < -0.3 is 14.5 Å². The first kappa shape index (κ1) is 20.6. The Morgan fingerprint density at radius 1 is 1.06 bits per heavy atom. The smallest absolute Gasteiger partial charge is 0.410 e. The second-order valence-electron chi connectivity index (χ2n) is 8.38. The largest absolute Gasteiger partial charge is 0.444 e. The molecule has 0 unspecified atom stereocenters. The van der Waals surface area contributed by atoms with E-state index in [2.05, 4.69) is 5.10 Å². The Morgan fingerprint density at radius 3 is 2.26 bits per heavy atom. The van der Waals surface area contributed by atoms with Crippen molar-refractivity contribution in [2.75, 3.05) is 6.54 Å². The fourth-order valence-corrected chi connectivity index (χ4v) is 3.62. The Balaban J connectivity index is 1.56. The lowest BCUT2D eigenvalue weighted by Gasteiger charge is -2.29. The predicted octanol–water partition coefficient (Wildman–Crippen LogP) is 2.08. The van der Waals surface area contributed by atoms with Crippen LogP contribution >= 0.6 is 0 Å². The first-order chi connectivity index (χ1) is 14.6. The molecule has 1 aromatic carbocycles. The van der Waals surface area contributed by atoms with Gasteiger partial charge in [0.1, 0.15) is 5.60 Å². The van der Waals surface area contributed by atoms with E-state index in [1.807, 2.05) is 0 Å². The highest BCUT2D eigenvalue weighted by molar-refractivity contribution is 6.21. The Morgan fingerprint density at radius 2 is 1.68 bits per heavy atom. The van der Waals surface area contributed by atoms with Crippen LogP contribution in [-0.4, -0.2) is 55.8 Å². The number of nitrogens with zero attached hydrogens (tertiary/aromatic N) is 4. The van der Waals surface area contributed by atoms with Crippen LogP contribution in [0.15, 0.2) is 24.3 Å². The van der Waals surface area contributed by atoms with Crippen LogP contribution in [0.1, 0.15) is 63.2 Å². The van der Waals surface area contributed by atoms with Gasteiger partial charge in [0.15, 0.2) is 5.69 Å². The third-order valence-corrected chi connectivity index (χ3v) is 4.97. The van der Waals surface area contributed by atoms with Crippen molar-refractivity contribution in [3.63, 3.8) is 0 Å². The number of hydrogen-bond acceptors (Lipinski definition) is 7. The van der Waals surface area contributed by atoms with Gasteiger partial charge in [0.05, 0.1) is 23.4 Å². The molecule has 10 nitrogen and oxygen atoms in total. The minimum Gasteiger partial charge on any atom is -0.444 e. The van der Waals surface area contributed by atoms with E-state index < -0.39 is 29.5 Å². The highest BCUT2D eigenvalue weighted by Crippen LogP contribution is 2.27. The molecule has 4 rings (SSSR count). The lowest BCUT2D eigenvalue weighted by atomic mass is 10.1. The summed E-state index contributed by atoms with van der Waals surface area (Å²) in [5.41, 5.74) is 0.907. The van der Waals surface area contributed by atoms with Gasteiger partial charge in [-0.1, -0.05) is 17.2 Å². The third-order valence-electron chi connectivity index (χ3n) is 4.97. The van der Waals surface area contributed by atoms with E-state index in [0.717, 1.165) is 0 Å². The number of aryl methyl sites for hydroxylation is 1. The molecule has 3 amide bonds. The van der Waals surface area contributed by atoms with E-state index in [1.165, 1.54) is 21.7 Å². The average molecular weight is 426 g/mol. The summed E-state index contributed by atoms with van der Waals surface area (Å²) in [6.45, 7) is 5.82. The van der Waals surface area contributed by atoms with E-state index >= 15 is 0 Å². The van der Waals surface area contributed by atoms with Crippen LogP contribution in [-0.2, 0) is 29.6 Å². The Kier molecular flexibility index (Phi) is 4.79. The quantitative estimate of drug-likeness (QED) is 0.676. The van der Waals surface area contributed by atoms with Crippen LogP contribution in [0, 0.1) is 0 Å². The maximum absolute atomic E-state index is 12.9. The molecule has 0 aliphatic carbocycles. The number of carbonyl (C=O) groups is 4. The molecule has 0 atom stereocenters. The molecular weight excluding hydrogens is 404 g/mol. The monoisotopic (exact) mass is 426 g/mol.